The molecule has 6 heteroatoms. The highest BCUT2D eigenvalue weighted by molar-refractivity contribution is 5.73. The molecule has 1 aliphatic heterocycles. The van der Waals surface area contributed by atoms with E-state index in [-0.39, 0.29) is 5.91 Å². The van der Waals surface area contributed by atoms with Gasteiger partial charge in [-0.25, -0.2) is 0 Å². The van der Waals surface area contributed by atoms with Crippen molar-refractivity contribution in [3.63, 3.8) is 0 Å². The number of hydrogen-bond acceptors (Lipinski definition) is 4. The standard InChI is InChI=1S/C18H34O2.C15H29N3O/c1-2-3-4-5-6-7-8-9-10-11-12-13-14-15-16-17-18(19)20;16-15(19)10-8-6-4-2-1-3-5-7-9-12-18-13-11-17-14-18/h9-10H,2-8,11-17H2,1H3,(H,19,20);14H,1-13H2,(H2,16,19)/b10-9-;. The third-order valence-electron chi connectivity index (χ3n) is 7.28. The van der Waals surface area contributed by atoms with Gasteiger partial charge in [-0.3, -0.25) is 14.6 Å². The van der Waals surface area contributed by atoms with E-state index < -0.39 is 5.97 Å². The minimum atomic E-state index is -0.664. The normalized spacial score (nSPS) is 12.7. The number of carbonyl (C=O) groups is 2. The molecule has 0 aromatic carbocycles. The van der Waals surface area contributed by atoms with E-state index in [2.05, 4.69) is 29.0 Å². The molecule has 0 saturated carbocycles. The number of unbranched alkanes of at least 4 members (excludes halogenated alkanes) is 19. The van der Waals surface area contributed by atoms with Crippen molar-refractivity contribution in [2.75, 3.05) is 19.6 Å². The van der Waals surface area contributed by atoms with Gasteiger partial charge in [0, 0.05) is 25.9 Å². The van der Waals surface area contributed by atoms with Crippen molar-refractivity contribution >= 4 is 18.2 Å². The molecule has 1 aliphatic rings. The molecule has 0 radical (unpaired) electrons. The molecule has 0 aromatic rings. The van der Waals surface area contributed by atoms with Crippen LogP contribution in [-0.4, -0.2) is 47.9 Å². The second-order valence-corrected chi connectivity index (χ2v) is 11.2. The lowest BCUT2D eigenvalue weighted by molar-refractivity contribution is -0.137. The van der Waals surface area contributed by atoms with Crippen molar-refractivity contribution in [3.8, 4) is 0 Å². The molecule has 1 heterocycles. The third kappa shape index (κ3) is 32.3. The first-order chi connectivity index (χ1) is 19.1. The van der Waals surface area contributed by atoms with Gasteiger partial charge in [0.1, 0.15) is 0 Å². The number of hydrogen-bond donors (Lipinski definition) is 2. The maximum absolute atomic E-state index is 10.5. The zero-order valence-corrected chi connectivity index (χ0v) is 25.6. The van der Waals surface area contributed by atoms with E-state index in [1.54, 1.807) is 0 Å². The van der Waals surface area contributed by atoms with Crippen LogP contribution in [0.5, 0.6) is 0 Å². The Bertz CT molecular complexity index is 607. The van der Waals surface area contributed by atoms with Crippen LogP contribution < -0.4 is 5.73 Å². The number of allylic oxidation sites excluding steroid dienone is 2. The van der Waals surface area contributed by atoms with Gasteiger partial charge in [-0.05, 0) is 44.9 Å². The minimum Gasteiger partial charge on any atom is -0.481 e. The molecule has 0 aliphatic carbocycles. The topological polar surface area (TPSA) is 96.0 Å². The summed E-state index contributed by atoms with van der Waals surface area (Å²) in [6, 6.07) is 0. The molecule has 0 unspecified atom stereocenters. The van der Waals surface area contributed by atoms with Crippen LogP contribution in [0, 0.1) is 0 Å². The number of nitrogens with two attached hydrogens (primary N) is 1. The monoisotopic (exact) mass is 549 g/mol. The SMILES string of the molecule is CCCCCCCC/C=C\CCCCCCCC(=O)O.NC(=O)CCCCCCCCCCCN1C=NCC1. The maximum atomic E-state index is 10.5. The van der Waals surface area contributed by atoms with Gasteiger partial charge in [-0.2, -0.15) is 0 Å². The molecule has 0 aromatic heterocycles. The highest BCUT2D eigenvalue weighted by Gasteiger charge is 2.03. The Hall–Kier alpha value is -1.85. The van der Waals surface area contributed by atoms with Crippen molar-refractivity contribution in [2.45, 2.75) is 161 Å². The summed E-state index contributed by atoms with van der Waals surface area (Å²) in [7, 11) is 0. The van der Waals surface area contributed by atoms with Crippen molar-refractivity contribution in [2.24, 2.45) is 10.7 Å². The molecule has 0 saturated heterocycles. The number of amides is 1. The van der Waals surface area contributed by atoms with Crippen LogP contribution in [0.25, 0.3) is 0 Å². The van der Waals surface area contributed by atoms with E-state index in [0.29, 0.717) is 12.8 Å². The Morgan fingerprint density at radius 1 is 0.718 bits per heavy atom. The molecule has 228 valence electrons. The van der Waals surface area contributed by atoms with E-state index >= 15 is 0 Å². The first-order valence-corrected chi connectivity index (χ1v) is 16.4. The summed E-state index contributed by atoms with van der Waals surface area (Å²) >= 11 is 0. The Morgan fingerprint density at radius 2 is 1.18 bits per heavy atom. The third-order valence-corrected chi connectivity index (χ3v) is 7.28. The van der Waals surface area contributed by atoms with Gasteiger partial charge < -0.3 is 15.7 Å². The zero-order chi connectivity index (χ0) is 28.7. The molecule has 0 atom stereocenters. The van der Waals surface area contributed by atoms with Crippen molar-refractivity contribution in [1.82, 2.24) is 4.90 Å². The fourth-order valence-corrected chi connectivity index (χ4v) is 4.79. The number of rotatable bonds is 27. The van der Waals surface area contributed by atoms with E-state index in [1.165, 1.54) is 122 Å². The summed E-state index contributed by atoms with van der Waals surface area (Å²) < 4.78 is 0. The Kier molecular flexibility index (Phi) is 29.2. The maximum Gasteiger partial charge on any atom is 0.303 e. The van der Waals surface area contributed by atoms with E-state index in [9.17, 15) is 9.59 Å². The van der Waals surface area contributed by atoms with E-state index in [1.807, 2.05) is 6.34 Å². The summed E-state index contributed by atoms with van der Waals surface area (Å²) in [5, 5.41) is 8.51. The Balaban J connectivity index is 0.000000741. The first-order valence-electron chi connectivity index (χ1n) is 16.4. The molecule has 0 bridgehead atoms. The van der Waals surface area contributed by atoms with Gasteiger partial charge in [-0.15, -0.1) is 0 Å². The summed E-state index contributed by atoms with van der Waals surface area (Å²) in [5.41, 5.74) is 5.10. The minimum absolute atomic E-state index is 0.164. The van der Waals surface area contributed by atoms with Crippen LogP contribution in [0.1, 0.15) is 161 Å². The second kappa shape index (κ2) is 30.7. The number of aliphatic imine (C=N–C) groups is 1. The Labute approximate surface area is 241 Å². The smallest absolute Gasteiger partial charge is 0.303 e. The quantitative estimate of drug-likeness (QED) is 0.0790. The van der Waals surface area contributed by atoms with Crippen LogP contribution in [0.15, 0.2) is 17.1 Å². The van der Waals surface area contributed by atoms with Crippen LogP contribution in [0.4, 0.5) is 0 Å². The highest BCUT2D eigenvalue weighted by atomic mass is 16.4. The van der Waals surface area contributed by atoms with Gasteiger partial charge in [0.2, 0.25) is 5.91 Å². The van der Waals surface area contributed by atoms with Gasteiger partial charge in [0.25, 0.3) is 0 Å². The number of aliphatic carboxylic acids is 1. The number of carboxylic acids is 1. The average molecular weight is 550 g/mol. The summed E-state index contributed by atoms with van der Waals surface area (Å²) in [5.74, 6) is -0.828. The molecular weight excluding hydrogens is 486 g/mol. The van der Waals surface area contributed by atoms with Crippen molar-refractivity contribution in [3.05, 3.63) is 12.2 Å². The van der Waals surface area contributed by atoms with Gasteiger partial charge in [0.05, 0.1) is 12.9 Å². The number of carboxylic acid groups (broad SMARTS) is 1. The van der Waals surface area contributed by atoms with Crippen LogP contribution in [-0.2, 0) is 9.59 Å². The average Bonchev–Trinajstić information content (AvgIpc) is 3.43. The summed E-state index contributed by atoms with van der Waals surface area (Å²) in [6.07, 6.45) is 35.1. The number of nitrogens with zero attached hydrogens (tertiary/aromatic N) is 2. The molecule has 3 N–H and O–H groups in total. The predicted octanol–water partition coefficient (Wildman–Crippen LogP) is 8.83. The zero-order valence-electron chi connectivity index (χ0n) is 25.6. The molecule has 1 amide bonds. The molecular formula is C33H63N3O3. The molecule has 0 spiro atoms. The lowest BCUT2D eigenvalue weighted by Crippen LogP contribution is -2.20. The predicted molar refractivity (Wildman–Crippen MR) is 167 cm³/mol. The van der Waals surface area contributed by atoms with Gasteiger partial charge >= 0.3 is 5.97 Å². The fraction of sp³-hybridized carbons (Fsp3) is 0.848. The lowest BCUT2D eigenvalue weighted by atomic mass is 10.1. The van der Waals surface area contributed by atoms with E-state index in [4.69, 9.17) is 10.8 Å². The van der Waals surface area contributed by atoms with Crippen molar-refractivity contribution < 1.29 is 14.7 Å². The molecule has 0 fully saturated rings. The van der Waals surface area contributed by atoms with Gasteiger partial charge in [0.15, 0.2) is 0 Å². The largest absolute Gasteiger partial charge is 0.481 e. The van der Waals surface area contributed by atoms with Crippen LogP contribution >= 0.6 is 0 Å². The Morgan fingerprint density at radius 3 is 1.64 bits per heavy atom. The summed E-state index contributed by atoms with van der Waals surface area (Å²) in [6.45, 7) is 5.53. The van der Waals surface area contributed by atoms with Crippen molar-refractivity contribution in [1.29, 1.82) is 0 Å². The molecule has 1 rings (SSSR count). The summed E-state index contributed by atoms with van der Waals surface area (Å²) in [4.78, 5) is 27.4. The van der Waals surface area contributed by atoms with Gasteiger partial charge in [-0.1, -0.05) is 115 Å². The first kappa shape index (κ1) is 37.1. The fourth-order valence-electron chi connectivity index (χ4n) is 4.79. The van der Waals surface area contributed by atoms with Crippen LogP contribution in [0.3, 0.4) is 0 Å². The van der Waals surface area contributed by atoms with Crippen LogP contribution in [0.2, 0.25) is 0 Å². The highest BCUT2D eigenvalue weighted by Crippen LogP contribution is 2.12. The van der Waals surface area contributed by atoms with E-state index in [0.717, 1.165) is 38.8 Å². The lowest BCUT2D eigenvalue weighted by Gasteiger charge is -2.12. The number of carbonyl (C=O) groups excluding carboxylic acids is 1. The molecule has 39 heavy (non-hydrogen) atoms. The second-order valence-electron chi connectivity index (χ2n) is 11.2. The number of primary amides is 1. The molecule has 6 nitrogen and oxygen atoms in total.